The second-order valence-corrected chi connectivity index (χ2v) is 13.9. The van der Waals surface area contributed by atoms with Crippen molar-refractivity contribution in [2.45, 2.75) is 64.8 Å². The molecule has 2 fully saturated rings. The highest BCUT2D eigenvalue weighted by Crippen LogP contribution is 2.29. The van der Waals surface area contributed by atoms with Gasteiger partial charge in [0.2, 0.25) is 0 Å². The Morgan fingerprint density at radius 3 is 1.66 bits per heavy atom. The number of amides is 2. The van der Waals surface area contributed by atoms with E-state index in [4.69, 9.17) is 34.4 Å². The quantitative estimate of drug-likeness (QED) is 0.136. The van der Waals surface area contributed by atoms with Gasteiger partial charge in [-0.25, -0.2) is 17.6 Å². The lowest BCUT2D eigenvalue weighted by Crippen LogP contribution is -2.48. The highest BCUT2D eigenvalue weighted by atomic mass is 35.5. The number of hydrogen-bond acceptors (Lipinski definition) is 7. The summed E-state index contributed by atoms with van der Waals surface area (Å²) in [7, 11) is 0. The zero-order chi connectivity index (χ0) is 43.8. The largest absolute Gasteiger partial charge is 0.338 e. The first-order chi connectivity index (χ1) is 27.6. The van der Waals surface area contributed by atoms with Crippen LogP contribution < -0.4 is 11.1 Å². The molecule has 302 valence electrons. The Morgan fingerprint density at radius 2 is 1.27 bits per heavy atom. The van der Waals surface area contributed by atoms with Crippen molar-refractivity contribution in [1.82, 2.24) is 25.1 Å². The molecule has 4 aromatic rings. The van der Waals surface area contributed by atoms with E-state index in [0.717, 1.165) is 29.5 Å². The number of alkyl halides is 2. The third-order valence-corrected chi connectivity index (χ3v) is 9.47. The van der Waals surface area contributed by atoms with Gasteiger partial charge in [0, 0.05) is 100 Å². The third-order valence-electron chi connectivity index (χ3n) is 8.89. The molecule has 0 saturated carbocycles. The lowest BCUT2D eigenvalue weighted by atomic mass is 9.92. The molecule has 2 aliphatic rings. The molecule has 0 unspecified atom stereocenters. The van der Waals surface area contributed by atoms with E-state index in [2.05, 4.69) is 15.3 Å². The van der Waals surface area contributed by atoms with Crippen LogP contribution in [0.25, 0.3) is 0 Å². The van der Waals surface area contributed by atoms with Crippen LogP contribution in [0.5, 0.6) is 0 Å². The van der Waals surface area contributed by atoms with Crippen molar-refractivity contribution in [2.24, 2.45) is 5.73 Å². The number of nitrogens with one attached hydrogen (secondary N) is 1. The molecule has 0 aliphatic carbocycles. The molecule has 0 bridgehead atoms. The van der Waals surface area contributed by atoms with Crippen LogP contribution in [-0.2, 0) is 6.54 Å². The van der Waals surface area contributed by atoms with Gasteiger partial charge in [-0.1, -0.05) is 42.8 Å². The van der Waals surface area contributed by atoms with Gasteiger partial charge in [0.1, 0.15) is 28.7 Å². The molecule has 56 heavy (non-hydrogen) atoms. The predicted molar refractivity (Wildman–Crippen MR) is 212 cm³/mol. The number of nitrogens with zero attached hydrogens (tertiary/aromatic N) is 4. The van der Waals surface area contributed by atoms with Gasteiger partial charge in [-0.15, -0.1) is 0 Å². The normalized spacial score (nSPS) is 17.2. The lowest BCUT2D eigenvalue weighted by Gasteiger charge is -2.36. The van der Waals surface area contributed by atoms with Crippen molar-refractivity contribution >= 4 is 41.3 Å². The first-order valence-corrected chi connectivity index (χ1v) is 18.0. The third kappa shape index (κ3) is 13.4. The summed E-state index contributed by atoms with van der Waals surface area (Å²) in [4.78, 5) is 45.7. The molecule has 15 heteroatoms. The zero-order valence-electron chi connectivity index (χ0n) is 34.2. The summed E-state index contributed by atoms with van der Waals surface area (Å²) in [6.07, 6.45) is 3.39. The molecule has 2 aromatic heterocycles. The number of benzene rings is 2. The summed E-state index contributed by atoms with van der Waals surface area (Å²) < 4.78 is 87.1. The number of nitrogens with two attached hydrogens (primary N) is 1. The first kappa shape index (κ1) is 39.8. The minimum absolute atomic E-state index is 0. The number of carbonyl (C=O) groups excluding carboxylic acids is 3. The van der Waals surface area contributed by atoms with Gasteiger partial charge >= 0.3 is 0 Å². The molecule has 0 radical (unpaired) electrons. The monoisotopic (exact) mass is 822 g/mol. The predicted octanol–water partition coefficient (Wildman–Crippen LogP) is 8.14. The van der Waals surface area contributed by atoms with E-state index in [-0.39, 0.29) is 92.9 Å². The van der Waals surface area contributed by atoms with Crippen LogP contribution in [0.4, 0.5) is 17.6 Å². The number of halogens is 6. The van der Waals surface area contributed by atoms with Crippen LogP contribution in [0.3, 0.4) is 0 Å². The number of hydrogen-bond donors (Lipinski definition) is 2. The lowest BCUT2D eigenvalue weighted by molar-refractivity contribution is 0.0432. The molecular formula is C41H48Cl2F4N6O3. The van der Waals surface area contributed by atoms with Crippen LogP contribution in [0.2, 0.25) is 10.0 Å². The molecule has 3 N–H and O–H groups in total. The Bertz CT molecular complexity index is 2080. The van der Waals surface area contributed by atoms with E-state index in [1.807, 2.05) is 26.0 Å². The summed E-state index contributed by atoms with van der Waals surface area (Å²) >= 11 is 11.4. The standard InChI is InChI=1S/C20H22ClF2N3O.C13H15ClF2N2O.C7H7NO.CH4/c1-14-2-4-16(25-11-14)12-24-13-20(23)6-8-26(9-7-20)19(27)15-3-5-18(22)17(21)10-15;14-10-7-9(1-2-11(10)15)12(19)18-5-3-13(16,8-17)4-6-18;1-6-2-3-7(5-9)8-4-6;/h2-5,10-11,24H,6-9,12-13H2,1H3;1-2,7H,3-6,8,17H2;2-5H,1H3;1H4/i13D2;8D2;;. The molecule has 2 saturated heterocycles. The Morgan fingerprint density at radius 1 is 0.804 bits per heavy atom. The van der Waals surface area contributed by atoms with Crippen molar-refractivity contribution < 1.29 is 37.4 Å². The van der Waals surface area contributed by atoms with Crippen LogP contribution in [0.15, 0.2) is 73.1 Å². The fraction of sp³-hybridized carbons (Fsp3) is 0.390. The Kier molecular flexibility index (Phi) is 15.1. The van der Waals surface area contributed by atoms with Crippen LogP contribution in [0, 0.1) is 25.5 Å². The molecule has 6 rings (SSSR count). The summed E-state index contributed by atoms with van der Waals surface area (Å²) in [6, 6.07) is 14.5. The van der Waals surface area contributed by atoms with Gasteiger partial charge in [0.15, 0.2) is 6.29 Å². The van der Waals surface area contributed by atoms with Crippen LogP contribution >= 0.6 is 23.2 Å². The minimum atomic E-state index is -2.44. The van der Waals surface area contributed by atoms with E-state index < -0.39 is 41.9 Å². The molecule has 0 atom stereocenters. The highest BCUT2D eigenvalue weighted by molar-refractivity contribution is 6.31. The molecule has 9 nitrogen and oxygen atoms in total. The number of aryl methyl sites for hydroxylation is 2. The van der Waals surface area contributed by atoms with Crippen LogP contribution in [-0.4, -0.2) is 88.4 Å². The Labute approximate surface area is 341 Å². The molecule has 4 heterocycles. The van der Waals surface area contributed by atoms with Gasteiger partial charge in [-0.3, -0.25) is 24.4 Å². The van der Waals surface area contributed by atoms with Crippen molar-refractivity contribution in [3.63, 3.8) is 0 Å². The highest BCUT2D eigenvalue weighted by Gasteiger charge is 2.36. The second-order valence-electron chi connectivity index (χ2n) is 13.1. The first-order valence-electron chi connectivity index (χ1n) is 19.3. The number of pyridine rings is 2. The van der Waals surface area contributed by atoms with Crippen molar-refractivity contribution in [2.75, 3.05) is 39.2 Å². The molecule has 2 aromatic carbocycles. The van der Waals surface area contributed by atoms with Crippen LogP contribution in [0.1, 0.15) is 86.6 Å². The van der Waals surface area contributed by atoms with Crippen molar-refractivity contribution in [3.05, 3.63) is 128 Å². The number of likely N-dealkylation sites (tertiary alicyclic amines) is 2. The van der Waals surface area contributed by atoms with Crippen molar-refractivity contribution in [1.29, 1.82) is 0 Å². The number of piperidine rings is 2. The van der Waals surface area contributed by atoms with Crippen molar-refractivity contribution in [3.8, 4) is 0 Å². The maximum atomic E-state index is 15.4. The fourth-order valence-corrected chi connectivity index (χ4v) is 5.83. The van der Waals surface area contributed by atoms with E-state index in [1.54, 1.807) is 24.5 Å². The average molecular weight is 824 g/mol. The van der Waals surface area contributed by atoms with Gasteiger partial charge in [0.05, 0.1) is 15.7 Å². The number of rotatable bonds is 8. The van der Waals surface area contributed by atoms with E-state index in [9.17, 15) is 27.6 Å². The summed E-state index contributed by atoms with van der Waals surface area (Å²) in [5.41, 5.74) is 4.52. The van der Waals surface area contributed by atoms with E-state index in [0.29, 0.717) is 11.4 Å². The van der Waals surface area contributed by atoms with Gasteiger partial charge in [-0.05, 0) is 73.5 Å². The molecule has 2 amide bonds. The summed E-state index contributed by atoms with van der Waals surface area (Å²) in [5.74, 6) is -2.01. The molecular weight excluding hydrogens is 771 g/mol. The second kappa shape index (κ2) is 21.2. The Balaban J connectivity index is 0.000000270. The smallest absolute Gasteiger partial charge is 0.253 e. The average Bonchev–Trinajstić information content (AvgIpc) is 3.20. The minimum Gasteiger partial charge on any atom is -0.338 e. The summed E-state index contributed by atoms with van der Waals surface area (Å²) in [5, 5.41) is 2.32. The number of carbonyl (C=O) groups is 3. The summed E-state index contributed by atoms with van der Waals surface area (Å²) in [6.45, 7) is -0.619. The van der Waals surface area contributed by atoms with Gasteiger partial charge < -0.3 is 20.9 Å². The molecule has 0 spiro atoms. The number of aromatic nitrogens is 2. The zero-order valence-corrected chi connectivity index (χ0v) is 31.7. The topological polar surface area (TPSA) is 122 Å². The SMILES string of the molecule is C.Cc1ccc(C=O)nc1.[2H]C([2H])(N)C1(F)CCN(C(=O)c2ccc(F)c(Cl)c2)CC1.[2H]C([2H])(NCc1ccc(C)cn1)C1(F)CCN(C(=O)c2ccc(F)c(Cl)c2)CC1. The molecule has 2 aliphatic heterocycles. The number of aldehydes is 1. The van der Waals surface area contributed by atoms with Gasteiger partial charge in [-0.2, -0.15) is 0 Å². The Hall–Kier alpha value is -4.43. The fourth-order valence-electron chi connectivity index (χ4n) is 5.47. The van der Waals surface area contributed by atoms with E-state index in [1.165, 1.54) is 34.1 Å². The van der Waals surface area contributed by atoms with E-state index >= 15 is 4.39 Å². The van der Waals surface area contributed by atoms with Gasteiger partial charge in [0.25, 0.3) is 11.8 Å². The maximum absolute atomic E-state index is 15.4. The maximum Gasteiger partial charge on any atom is 0.253 e.